The minimum absolute atomic E-state index is 0.00288. The van der Waals surface area contributed by atoms with Gasteiger partial charge in [0.05, 0.1) is 17.5 Å². The van der Waals surface area contributed by atoms with Crippen LogP contribution < -0.4 is 10.2 Å². The quantitative estimate of drug-likeness (QED) is 0.695. The molecule has 2 saturated heterocycles. The number of para-hydroxylation sites is 1. The molecule has 2 unspecified atom stereocenters. The van der Waals surface area contributed by atoms with Gasteiger partial charge in [0.15, 0.2) is 9.84 Å². The Morgan fingerprint density at radius 2 is 1.78 bits per heavy atom. The molecule has 0 bridgehead atoms. The van der Waals surface area contributed by atoms with Crippen LogP contribution in [0.3, 0.4) is 0 Å². The van der Waals surface area contributed by atoms with Crippen LogP contribution in [0.5, 0.6) is 0 Å². The Morgan fingerprint density at radius 3 is 2.38 bits per heavy atom. The van der Waals surface area contributed by atoms with E-state index in [0.29, 0.717) is 17.7 Å². The molecule has 2 aromatic carbocycles. The molecule has 8 nitrogen and oxygen atoms in total. The van der Waals surface area contributed by atoms with Crippen molar-refractivity contribution in [2.24, 2.45) is 0 Å². The zero-order valence-corrected chi connectivity index (χ0v) is 18.8. The summed E-state index contributed by atoms with van der Waals surface area (Å²) in [6.07, 6.45) is 0.310. The molecule has 32 heavy (non-hydrogen) atoms. The maximum absolute atomic E-state index is 13.3. The van der Waals surface area contributed by atoms with E-state index in [4.69, 9.17) is 0 Å². The number of imide groups is 1. The fraction of sp³-hybridized carbons (Fsp3) is 0.348. The standard InChI is InChI=1S/C23H25N3O5S/c1-16-8-10-17(11-9-16)23(2)21(28)25(22(29)24-23)14-20(27)26(18-6-4-3-5-7-18)19-12-13-32(30,31)15-19/h3-11,19H,12-15H2,1-2H3,(H,24,29). The Morgan fingerprint density at radius 1 is 1.12 bits per heavy atom. The van der Waals surface area contributed by atoms with Gasteiger partial charge in [-0.1, -0.05) is 48.0 Å². The maximum Gasteiger partial charge on any atom is 0.325 e. The zero-order valence-electron chi connectivity index (χ0n) is 17.9. The van der Waals surface area contributed by atoms with Gasteiger partial charge in [-0.25, -0.2) is 13.2 Å². The Labute approximate surface area is 187 Å². The van der Waals surface area contributed by atoms with Gasteiger partial charge in [0.25, 0.3) is 5.91 Å². The number of sulfone groups is 1. The molecule has 168 valence electrons. The van der Waals surface area contributed by atoms with E-state index in [1.54, 1.807) is 49.4 Å². The highest BCUT2D eigenvalue weighted by atomic mass is 32.2. The summed E-state index contributed by atoms with van der Waals surface area (Å²) in [6, 6.07) is 14.8. The smallest absolute Gasteiger partial charge is 0.319 e. The van der Waals surface area contributed by atoms with Crippen LogP contribution in [0.1, 0.15) is 24.5 Å². The van der Waals surface area contributed by atoms with E-state index in [1.807, 2.05) is 19.1 Å². The van der Waals surface area contributed by atoms with Gasteiger partial charge < -0.3 is 10.2 Å². The number of urea groups is 1. The molecule has 0 spiro atoms. The molecule has 9 heteroatoms. The van der Waals surface area contributed by atoms with Crippen LogP contribution in [-0.2, 0) is 25.0 Å². The Hall–Kier alpha value is -3.20. The van der Waals surface area contributed by atoms with E-state index in [9.17, 15) is 22.8 Å². The summed E-state index contributed by atoms with van der Waals surface area (Å²) < 4.78 is 24.1. The first-order valence-electron chi connectivity index (χ1n) is 10.4. The molecule has 2 aliphatic heterocycles. The molecule has 0 aromatic heterocycles. The number of anilines is 1. The van der Waals surface area contributed by atoms with Crippen molar-refractivity contribution in [3.05, 3.63) is 65.7 Å². The van der Waals surface area contributed by atoms with Gasteiger partial charge >= 0.3 is 6.03 Å². The molecule has 2 atom stereocenters. The van der Waals surface area contributed by atoms with Crippen molar-refractivity contribution in [2.75, 3.05) is 23.0 Å². The average Bonchev–Trinajstić information content (AvgIpc) is 3.21. The molecule has 0 aliphatic carbocycles. The van der Waals surface area contributed by atoms with Crippen LogP contribution in [0, 0.1) is 6.92 Å². The van der Waals surface area contributed by atoms with Gasteiger partial charge in [-0.3, -0.25) is 14.5 Å². The summed E-state index contributed by atoms with van der Waals surface area (Å²) in [7, 11) is -3.24. The average molecular weight is 456 g/mol. The number of amides is 4. The normalized spacial score (nSPS) is 24.4. The van der Waals surface area contributed by atoms with Crippen LogP contribution in [0.4, 0.5) is 10.5 Å². The number of rotatable bonds is 5. The van der Waals surface area contributed by atoms with Crippen LogP contribution in [0.2, 0.25) is 0 Å². The van der Waals surface area contributed by atoms with Crippen molar-refractivity contribution in [3.63, 3.8) is 0 Å². The summed E-state index contributed by atoms with van der Waals surface area (Å²) in [4.78, 5) is 41.6. The van der Waals surface area contributed by atoms with Crippen LogP contribution in [0.25, 0.3) is 0 Å². The van der Waals surface area contributed by atoms with Crippen molar-refractivity contribution in [3.8, 4) is 0 Å². The van der Waals surface area contributed by atoms with Gasteiger partial charge in [-0.2, -0.15) is 0 Å². The molecule has 1 N–H and O–H groups in total. The van der Waals surface area contributed by atoms with E-state index in [-0.39, 0.29) is 11.5 Å². The minimum Gasteiger partial charge on any atom is -0.319 e. The van der Waals surface area contributed by atoms with Crippen molar-refractivity contribution in [1.29, 1.82) is 0 Å². The summed E-state index contributed by atoms with van der Waals surface area (Å²) >= 11 is 0. The lowest BCUT2D eigenvalue weighted by molar-refractivity contribution is -0.134. The van der Waals surface area contributed by atoms with E-state index in [0.717, 1.165) is 10.5 Å². The third kappa shape index (κ3) is 4.00. The number of nitrogens with zero attached hydrogens (tertiary/aromatic N) is 2. The molecular weight excluding hydrogens is 430 g/mol. The first kappa shape index (κ1) is 22.0. The number of carbonyl (C=O) groups excluding carboxylic acids is 3. The molecule has 2 heterocycles. The molecule has 2 aliphatic rings. The fourth-order valence-electron chi connectivity index (χ4n) is 4.26. The number of benzene rings is 2. The molecular formula is C23H25N3O5S. The SMILES string of the molecule is Cc1ccc(C2(C)NC(=O)N(CC(=O)N(c3ccccc3)C3CCS(=O)(=O)C3)C2=O)cc1. The predicted molar refractivity (Wildman–Crippen MR) is 120 cm³/mol. The number of aryl methyl sites for hydroxylation is 1. The molecule has 4 rings (SSSR count). The van der Waals surface area contributed by atoms with E-state index < -0.39 is 45.8 Å². The third-order valence-electron chi connectivity index (χ3n) is 6.07. The van der Waals surface area contributed by atoms with Crippen LogP contribution in [-0.4, -0.2) is 55.3 Å². The highest BCUT2D eigenvalue weighted by Crippen LogP contribution is 2.30. The van der Waals surface area contributed by atoms with Gasteiger partial charge in [0, 0.05) is 5.69 Å². The summed E-state index contributed by atoms with van der Waals surface area (Å²) in [5, 5.41) is 2.70. The van der Waals surface area contributed by atoms with Crippen molar-refractivity contribution in [1.82, 2.24) is 10.2 Å². The largest absolute Gasteiger partial charge is 0.325 e. The number of hydrogen-bond acceptors (Lipinski definition) is 5. The van der Waals surface area contributed by atoms with Crippen LogP contribution in [0.15, 0.2) is 54.6 Å². The van der Waals surface area contributed by atoms with Crippen molar-refractivity contribution in [2.45, 2.75) is 31.8 Å². The Balaban J connectivity index is 1.60. The second-order valence-electron chi connectivity index (χ2n) is 8.47. The fourth-order valence-corrected chi connectivity index (χ4v) is 5.96. The van der Waals surface area contributed by atoms with Gasteiger partial charge in [0.1, 0.15) is 12.1 Å². The number of hydrogen-bond donors (Lipinski definition) is 1. The molecule has 4 amide bonds. The lowest BCUT2D eigenvalue weighted by atomic mass is 9.91. The lowest BCUT2D eigenvalue weighted by Gasteiger charge is -2.30. The molecule has 0 saturated carbocycles. The van der Waals surface area contributed by atoms with E-state index in [2.05, 4.69) is 5.32 Å². The highest BCUT2D eigenvalue weighted by Gasteiger charge is 2.50. The van der Waals surface area contributed by atoms with E-state index in [1.165, 1.54) is 4.90 Å². The number of nitrogens with one attached hydrogen (secondary N) is 1. The highest BCUT2D eigenvalue weighted by molar-refractivity contribution is 7.91. The second kappa shape index (κ2) is 8.05. The van der Waals surface area contributed by atoms with Crippen molar-refractivity contribution >= 4 is 33.4 Å². The maximum atomic E-state index is 13.3. The van der Waals surface area contributed by atoms with Gasteiger partial charge in [-0.05, 0) is 38.0 Å². The Kier molecular flexibility index (Phi) is 5.54. The summed E-state index contributed by atoms with van der Waals surface area (Å²) in [6.45, 7) is 3.06. The molecule has 0 radical (unpaired) electrons. The van der Waals surface area contributed by atoms with Gasteiger partial charge in [-0.15, -0.1) is 0 Å². The summed E-state index contributed by atoms with van der Waals surface area (Å²) in [5.41, 5.74) is 0.900. The monoisotopic (exact) mass is 455 g/mol. The number of carbonyl (C=O) groups is 3. The predicted octanol–water partition coefficient (Wildman–Crippen LogP) is 1.98. The van der Waals surface area contributed by atoms with Crippen LogP contribution >= 0.6 is 0 Å². The lowest BCUT2D eigenvalue weighted by Crippen LogP contribution is -2.48. The Bertz CT molecular complexity index is 1160. The third-order valence-corrected chi connectivity index (χ3v) is 7.82. The van der Waals surface area contributed by atoms with Crippen molar-refractivity contribution < 1.29 is 22.8 Å². The van der Waals surface area contributed by atoms with Gasteiger partial charge in [0.2, 0.25) is 5.91 Å². The minimum atomic E-state index is -3.24. The van der Waals surface area contributed by atoms with E-state index >= 15 is 0 Å². The summed E-state index contributed by atoms with van der Waals surface area (Å²) in [5.74, 6) is -1.17. The molecule has 2 aromatic rings. The first-order valence-corrected chi connectivity index (χ1v) is 12.2. The topological polar surface area (TPSA) is 104 Å². The zero-order chi connectivity index (χ0) is 23.1. The second-order valence-corrected chi connectivity index (χ2v) is 10.7. The first-order chi connectivity index (χ1) is 15.1. The molecule has 2 fully saturated rings.